The SMILES string of the molecule is CC(Cn1ccnc1)n1cc(Cl)cc1C(=O)O. The van der Waals surface area contributed by atoms with Gasteiger partial charge in [-0.05, 0) is 13.0 Å². The molecule has 2 heterocycles. The summed E-state index contributed by atoms with van der Waals surface area (Å²) in [5, 5.41) is 9.49. The van der Waals surface area contributed by atoms with Crippen LogP contribution < -0.4 is 0 Å². The number of hydrogen-bond acceptors (Lipinski definition) is 2. The van der Waals surface area contributed by atoms with Gasteiger partial charge in [-0.1, -0.05) is 11.6 Å². The van der Waals surface area contributed by atoms with Crippen LogP contribution in [0.15, 0.2) is 31.0 Å². The highest BCUT2D eigenvalue weighted by Gasteiger charge is 2.16. The van der Waals surface area contributed by atoms with E-state index in [0.717, 1.165) is 0 Å². The molecule has 90 valence electrons. The Hall–Kier alpha value is -1.75. The quantitative estimate of drug-likeness (QED) is 0.910. The number of halogens is 1. The fourth-order valence-corrected chi connectivity index (χ4v) is 1.98. The highest BCUT2D eigenvalue weighted by Crippen LogP contribution is 2.20. The Bertz CT molecular complexity index is 519. The van der Waals surface area contributed by atoms with E-state index >= 15 is 0 Å². The Balaban J connectivity index is 2.24. The van der Waals surface area contributed by atoms with Crippen molar-refractivity contribution in [1.29, 1.82) is 0 Å². The first-order chi connectivity index (χ1) is 8.08. The fourth-order valence-electron chi connectivity index (χ4n) is 1.77. The molecule has 2 aromatic rings. The number of hydrogen-bond donors (Lipinski definition) is 1. The summed E-state index contributed by atoms with van der Waals surface area (Å²) < 4.78 is 3.55. The molecule has 0 aliphatic heterocycles. The topological polar surface area (TPSA) is 60.0 Å². The first-order valence-corrected chi connectivity index (χ1v) is 5.52. The van der Waals surface area contributed by atoms with Crippen molar-refractivity contribution in [2.45, 2.75) is 19.5 Å². The molecule has 17 heavy (non-hydrogen) atoms. The van der Waals surface area contributed by atoms with Crippen LogP contribution in [0, 0.1) is 0 Å². The average Bonchev–Trinajstić information content (AvgIpc) is 2.86. The molecule has 1 N–H and O–H groups in total. The molecule has 0 aromatic carbocycles. The lowest BCUT2D eigenvalue weighted by Crippen LogP contribution is -2.16. The second kappa shape index (κ2) is 4.63. The van der Waals surface area contributed by atoms with Gasteiger partial charge in [-0.25, -0.2) is 9.78 Å². The van der Waals surface area contributed by atoms with Gasteiger partial charge >= 0.3 is 5.97 Å². The minimum Gasteiger partial charge on any atom is -0.477 e. The maximum Gasteiger partial charge on any atom is 0.352 e. The average molecular weight is 254 g/mol. The maximum atomic E-state index is 11.0. The number of aromatic carboxylic acids is 1. The zero-order chi connectivity index (χ0) is 12.4. The Labute approximate surface area is 103 Å². The zero-order valence-electron chi connectivity index (χ0n) is 9.25. The Morgan fingerprint density at radius 2 is 2.41 bits per heavy atom. The number of aromatic nitrogens is 3. The summed E-state index contributed by atoms with van der Waals surface area (Å²) in [6.45, 7) is 2.58. The van der Waals surface area contributed by atoms with Crippen LogP contribution >= 0.6 is 11.6 Å². The van der Waals surface area contributed by atoms with Crippen LogP contribution in [0.3, 0.4) is 0 Å². The molecular formula is C11H12ClN3O2. The molecule has 6 heteroatoms. The van der Waals surface area contributed by atoms with Gasteiger partial charge in [0.25, 0.3) is 0 Å². The molecule has 5 nitrogen and oxygen atoms in total. The minimum absolute atomic E-state index is 0.0113. The third-order valence-electron chi connectivity index (χ3n) is 2.54. The van der Waals surface area contributed by atoms with Gasteiger partial charge < -0.3 is 14.2 Å². The van der Waals surface area contributed by atoms with Crippen molar-refractivity contribution >= 4 is 17.6 Å². The molecule has 0 aliphatic rings. The molecule has 0 aliphatic carbocycles. The van der Waals surface area contributed by atoms with Crippen molar-refractivity contribution < 1.29 is 9.90 Å². The summed E-state index contributed by atoms with van der Waals surface area (Å²) in [5.41, 5.74) is 0.197. The van der Waals surface area contributed by atoms with Crippen molar-refractivity contribution in [1.82, 2.24) is 14.1 Å². The number of carbonyl (C=O) groups is 1. The van der Waals surface area contributed by atoms with Crippen molar-refractivity contribution in [3.8, 4) is 0 Å². The van der Waals surface area contributed by atoms with Gasteiger partial charge in [0.05, 0.1) is 11.3 Å². The lowest BCUT2D eigenvalue weighted by atomic mass is 10.3. The molecule has 1 atom stereocenters. The highest BCUT2D eigenvalue weighted by atomic mass is 35.5. The summed E-state index contributed by atoms with van der Waals surface area (Å²) in [6, 6.07) is 1.44. The molecule has 0 radical (unpaired) electrons. The van der Waals surface area contributed by atoms with E-state index in [1.54, 1.807) is 23.3 Å². The Kier molecular flexibility index (Phi) is 3.19. The van der Waals surface area contributed by atoms with Crippen LogP contribution in [0.5, 0.6) is 0 Å². The second-order valence-corrected chi connectivity index (χ2v) is 4.30. The summed E-state index contributed by atoms with van der Waals surface area (Å²) in [6.07, 6.45) is 6.85. The summed E-state index contributed by atoms with van der Waals surface area (Å²) >= 11 is 5.83. The Morgan fingerprint density at radius 1 is 1.65 bits per heavy atom. The van der Waals surface area contributed by atoms with E-state index in [2.05, 4.69) is 4.98 Å². The number of carboxylic acid groups (broad SMARTS) is 1. The molecule has 0 spiro atoms. The molecule has 0 saturated heterocycles. The Morgan fingerprint density at radius 3 is 3.00 bits per heavy atom. The largest absolute Gasteiger partial charge is 0.477 e. The van der Waals surface area contributed by atoms with E-state index < -0.39 is 5.97 Å². The maximum absolute atomic E-state index is 11.0. The normalized spacial score (nSPS) is 12.6. The monoisotopic (exact) mass is 253 g/mol. The lowest BCUT2D eigenvalue weighted by molar-refractivity contribution is 0.0682. The molecule has 0 saturated carbocycles. The molecular weight excluding hydrogens is 242 g/mol. The smallest absolute Gasteiger partial charge is 0.352 e. The van der Waals surface area contributed by atoms with Crippen molar-refractivity contribution in [2.24, 2.45) is 0 Å². The molecule has 2 aromatic heterocycles. The van der Waals surface area contributed by atoms with Crippen molar-refractivity contribution in [3.63, 3.8) is 0 Å². The van der Waals surface area contributed by atoms with Gasteiger partial charge in [-0.15, -0.1) is 0 Å². The third-order valence-corrected chi connectivity index (χ3v) is 2.75. The van der Waals surface area contributed by atoms with E-state index in [4.69, 9.17) is 16.7 Å². The summed E-state index contributed by atoms with van der Waals surface area (Å²) in [7, 11) is 0. The van der Waals surface area contributed by atoms with Gasteiger partial charge in [-0.3, -0.25) is 0 Å². The van der Waals surface area contributed by atoms with E-state index in [0.29, 0.717) is 11.6 Å². The van der Waals surface area contributed by atoms with E-state index in [9.17, 15) is 4.79 Å². The van der Waals surface area contributed by atoms with Gasteiger partial charge in [0.1, 0.15) is 5.69 Å². The predicted molar refractivity (Wildman–Crippen MR) is 63.3 cm³/mol. The molecule has 1 unspecified atom stereocenters. The standard InChI is InChI=1S/C11H12ClN3O2/c1-8(5-14-3-2-13-7-14)15-6-9(12)4-10(15)11(16)17/h2-4,6-8H,5H2,1H3,(H,16,17). The van der Waals surface area contributed by atoms with Crippen molar-refractivity contribution in [2.75, 3.05) is 0 Å². The second-order valence-electron chi connectivity index (χ2n) is 3.86. The van der Waals surface area contributed by atoms with Gasteiger partial charge in [0, 0.05) is 31.2 Å². The van der Waals surface area contributed by atoms with Crippen LogP contribution in [0.25, 0.3) is 0 Å². The molecule has 0 amide bonds. The number of nitrogens with zero attached hydrogens (tertiary/aromatic N) is 3. The number of imidazole rings is 1. The first kappa shape index (κ1) is 11.7. The van der Waals surface area contributed by atoms with Crippen LogP contribution in [0.1, 0.15) is 23.5 Å². The van der Waals surface area contributed by atoms with Gasteiger partial charge in [0.15, 0.2) is 0 Å². The lowest BCUT2D eigenvalue weighted by Gasteiger charge is -2.16. The van der Waals surface area contributed by atoms with Crippen molar-refractivity contribution in [3.05, 3.63) is 41.7 Å². The fraction of sp³-hybridized carbons (Fsp3) is 0.273. The molecule has 0 bridgehead atoms. The predicted octanol–water partition coefficient (Wildman–Crippen LogP) is 2.30. The number of rotatable bonds is 4. The van der Waals surface area contributed by atoms with Crippen LogP contribution in [0.4, 0.5) is 0 Å². The first-order valence-electron chi connectivity index (χ1n) is 5.14. The molecule has 0 fully saturated rings. The summed E-state index contributed by atoms with van der Waals surface area (Å²) in [4.78, 5) is 15.0. The third kappa shape index (κ3) is 2.50. The minimum atomic E-state index is -0.977. The van der Waals surface area contributed by atoms with E-state index in [-0.39, 0.29) is 11.7 Å². The van der Waals surface area contributed by atoms with Gasteiger partial charge in [-0.2, -0.15) is 0 Å². The highest BCUT2D eigenvalue weighted by molar-refractivity contribution is 6.30. The van der Waals surface area contributed by atoms with E-state index in [1.807, 2.05) is 17.7 Å². The van der Waals surface area contributed by atoms with Crippen LogP contribution in [-0.2, 0) is 6.54 Å². The van der Waals surface area contributed by atoms with E-state index in [1.165, 1.54) is 6.07 Å². The zero-order valence-corrected chi connectivity index (χ0v) is 10.0. The molecule has 2 rings (SSSR count). The van der Waals surface area contributed by atoms with Crippen LogP contribution in [0.2, 0.25) is 5.02 Å². The summed E-state index contributed by atoms with van der Waals surface area (Å²) in [5.74, 6) is -0.977. The van der Waals surface area contributed by atoms with Crippen LogP contribution in [-0.4, -0.2) is 25.2 Å². The van der Waals surface area contributed by atoms with Gasteiger partial charge in [0.2, 0.25) is 0 Å². The number of carboxylic acids is 1.